The average molecular weight is 358 g/mol. The lowest BCUT2D eigenvalue weighted by Gasteiger charge is -2.21. The third-order valence-electron chi connectivity index (χ3n) is 3.73. The van der Waals surface area contributed by atoms with Gasteiger partial charge in [0.1, 0.15) is 23.8 Å². The zero-order valence-corrected chi connectivity index (χ0v) is 15.2. The molecule has 0 heterocycles. The van der Waals surface area contributed by atoms with E-state index >= 15 is 0 Å². The highest BCUT2D eigenvalue weighted by Crippen LogP contribution is 2.29. The number of amides is 2. The van der Waals surface area contributed by atoms with Crippen LogP contribution in [0, 0.1) is 0 Å². The Bertz CT molecular complexity index is 791. The Balaban J connectivity index is 2.17. The second-order valence-electron chi connectivity index (χ2n) is 5.42. The molecule has 0 fully saturated rings. The van der Waals surface area contributed by atoms with E-state index in [1.54, 1.807) is 56.7 Å². The molecule has 26 heavy (non-hydrogen) atoms. The number of anilines is 2. The largest absolute Gasteiger partial charge is 0.497 e. The molecular weight excluding hydrogens is 336 g/mol. The summed E-state index contributed by atoms with van der Waals surface area (Å²) in [6, 6.07) is 12.0. The zero-order chi connectivity index (χ0) is 19.1. The van der Waals surface area contributed by atoms with E-state index in [0.29, 0.717) is 28.6 Å². The summed E-state index contributed by atoms with van der Waals surface area (Å²) in [7, 11) is 4.59. The van der Waals surface area contributed by atoms with Crippen molar-refractivity contribution in [1.29, 1.82) is 0 Å². The van der Waals surface area contributed by atoms with Crippen molar-refractivity contribution >= 4 is 23.2 Å². The fourth-order valence-electron chi connectivity index (χ4n) is 2.40. The van der Waals surface area contributed by atoms with Gasteiger partial charge >= 0.3 is 0 Å². The van der Waals surface area contributed by atoms with Gasteiger partial charge in [-0.1, -0.05) is 6.07 Å². The average Bonchev–Trinajstić information content (AvgIpc) is 2.66. The van der Waals surface area contributed by atoms with E-state index in [0.717, 1.165) is 0 Å². The van der Waals surface area contributed by atoms with Crippen molar-refractivity contribution in [2.45, 2.75) is 6.92 Å². The molecule has 0 aromatic heterocycles. The number of hydrogen-bond acceptors (Lipinski definition) is 5. The van der Waals surface area contributed by atoms with E-state index in [1.807, 2.05) is 0 Å². The topological polar surface area (TPSA) is 77.1 Å². The minimum Gasteiger partial charge on any atom is -0.497 e. The summed E-state index contributed by atoms with van der Waals surface area (Å²) in [6.45, 7) is 1.26. The van der Waals surface area contributed by atoms with Gasteiger partial charge in [0, 0.05) is 24.7 Å². The van der Waals surface area contributed by atoms with Gasteiger partial charge in [-0.05, 0) is 24.3 Å². The van der Waals surface area contributed by atoms with Gasteiger partial charge in [0.05, 0.1) is 27.0 Å². The molecular formula is C19H22N2O5. The first-order valence-corrected chi connectivity index (χ1v) is 7.92. The number of nitrogens with one attached hydrogen (secondary N) is 1. The van der Waals surface area contributed by atoms with Crippen molar-refractivity contribution in [3.05, 3.63) is 42.5 Å². The first-order chi connectivity index (χ1) is 12.5. The molecule has 0 spiro atoms. The van der Waals surface area contributed by atoms with Gasteiger partial charge < -0.3 is 24.4 Å². The summed E-state index contributed by atoms with van der Waals surface area (Å²) in [4.78, 5) is 25.8. The maximum absolute atomic E-state index is 12.5. The highest BCUT2D eigenvalue weighted by Gasteiger charge is 2.17. The summed E-state index contributed by atoms with van der Waals surface area (Å²) in [5, 5.41) is 2.75. The monoisotopic (exact) mass is 358 g/mol. The van der Waals surface area contributed by atoms with Gasteiger partial charge in [0.25, 0.3) is 0 Å². The molecule has 0 radical (unpaired) electrons. The molecule has 0 saturated heterocycles. The Hall–Kier alpha value is -3.22. The van der Waals surface area contributed by atoms with Crippen molar-refractivity contribution in [3.63, 3.8) is 0 Å². The SMILES string of the molecule is COc1cccc(N(CC(=O)Nc2ccc(OC)cc2OC)C(C)=O)c1. The molecule has 2 rings (SSSR count). The van der Waals surface area contributed by atoms with Gasteiger partial charge in [0.2, 0.25) is 11.8 Å². The van der Waals surface area contributed by atoms with Gasteiger partial charge in [-0.2, -0.15) is 0 Å². The number of benzene rings is 2. The third-order valence-corrected chi connectivity index (χ3v) is 3.73. The molecule has 0 aliphatic rings. The van der Waals surface area contributed by atoms with Crippen molar-refractivity contribution in [2.24, 2.45) is 0 Å². The summed E-state index contributed by atoms with van der Waals surface area (Å²) in [5.41, 5.74) is 1.07. The molecule has 0 bridgehead atoms. The molecule has 0 aliphatic heterocycles. The number of rotatable bonds is 7. The van der Waals surface area contributed by atoms with Crippen LogP contribution in [0.5, 0.6) is 17.2 Å². The molecule has 0 aliphatic carbocycles. The maximum Gasteiger partial charge on any atom is 0.244 e. The van der Waals surface area contributed by atoms with Crippen LogP contribution in [-0.4, -0.2) is 39.7 Å². The smallest absolute Gasteiger partial charge is 0.244 e. The van der Waals surface area contributed by atoms with E-state index in [2.05, 4.69) is 5.32 Å². The van der Waals surface area contributed by atoms with Crippen molar-refractivity contribution in [1.82, 2.24) is 0 Å². The van der Waals surface area contributed by atoms with E-state index in [1.165, 1.54) is 18.9 Å². The Morgan fingerprint density at radius 3 is 2.27 bits per heavy atom. The van der Waals surface area contributed by atoms with Crippen LogP contribution in [0.25, 0.3) is 0 Å². The molecule has 2 aromatic rings. The lowest BCUT2D eigenvalue weighted by Crippen LogP contribution is -2.36. The van der Waals surface area contributed by atoms with Crippen LogP contribution in [0.3, 0.4) is 0 Å². The lowest BCUT2D eigenvalue weighted by atomic mass is 10.2. The molecule has 1 N–H and O–H groups in total. The lowest BCUT2D eigenvalue weighted by molar-refractivity contribution is -0.120. The van der Waals surface area contributed by atoms with E-state index in [-0.39, 0.29) is 18.4 Å². The van der Waals surface area contributed by atoms with Gasteiger partial charge in [-0.15, -0.1) is 0 Å². The summed E-state index contributed by atoms with van der Waals surface area (Å²) < 4.78 is 15.6. The summed E-state index contributed by atoms with van der Waals surface area (Å²) in [5.74, 6) is 1.07. The molecule has 0 atom stereocenters. The van der Waals surface area contributed by atoms with E-state index in [4.69, 9.17) is 14.2 Å². The van der Waals surface area contributed by atoms with Crippen LogP contribution in [0.1, 0.15) is 6.92 Å². The number of carbonyl (C=O) groups excluding carboxylic acids is 2. The maximum atomic E-state index is 12.5. The predicted octanol–water partition coefficient (Wildman–Crippen LogP) is 2.70. The number of carbonyl (C=O) groups is 2. The van der Waals surface area contributed by atoms with E-state index < -0.39 is 0 Å². The third kappa shape index (κ3) is 4.66. The fraction of sp³-hybridized carbons (Fsp3) is 0.263. The fourth-order valence-corrected chi connectivity index (χ4v) is 2.40. The first kappa shape index (κ1) is 19.1. The molecule has 0 unspecified atom stereocenters. The second-order valence-corrected chi connectivity index (χ2v) is 5.42. The summed E-state index contributed by atoms with van der Waals surface area (Å²) >= 11 is 0. The minimum atomic E-state index is -0.355. The Labute approximate surface area is 152 Å². The molecule has 138 valence electrons. The number of nitrogens with zero attached hydrogens (tertiary/aromatic N) is 1. The van der Waals surface area contributed by atoms with E-state index in [9.17, 15) is 9.59 Å². The predicted molar refractivity (Wildman–Crippen MR) is 99.2 cm³/mol. The second kappa shape index (κ2) is 8.75. The molecule has 7 heteroatoms. The minimum absolute atomic E-state index is 0.141. The van der Waals surface area contributed by atoms with Gasteiger partial charge in [-0.3, -0.25) is 9.59 Å². The summed E-state index contributed by atoms with van der Waals surface area (Å²) in [6.07, 6.45) is 0. The van der Waals surface area contributed by atoms with Crippen molar-refractivity contribution in [3.8, 4) is 17.2 Å². The number of hydrogen-bond donors (Lipinski definition) is 1. The molecule has 2 aromatic carbocycles. The Kier molecular flexibility index (Phi) is 6.43. The standard InChI is InChI=1S/C19H22N2O5/c1-13(22)21(14-6-5-7-15(10-14)24-2)12-19(23)20-17-9-8-16(25-3)11-18(17)26-4/h5-11H,12H2,1-4H3,(H,20,23). The first-order valence-electron chi connectivity index (χ1n) is 7.92. The van der Waals surface area contributed by atoms with Crippen LogP contribution in [0.4, 0.5) is 11.4 Å². The Morgan fingerprint density at radius 2 is 1.65 bits per heavy atom. The zero-order valence-electron chi connectivity index (χ0n) is 15.2. The van der Waals surface area contributed by atoms with Crippen molar-refractivity contribution in [2.75, 3.05) is 38.1 Å². The van der Waals surface area contributed by atoms with Crippen LogP contribution in [0.2, 0.25) is 0 Å². The molecule has 7 nitrogen and oxygen atoms in total. The highest BCUT2D eigenvalue weighted by atomic mass is 16.5. The quantitative estimate of drug-likeness (QED) is 0.823. The normalized spacial score (nSPS) is 10.0. The van der Waals surface area contributed by atoms with Crippen molar-refractivity contribution < 1.29 is 23.8 Å². The van der Waals surface area contributed by atoms with Crippen LogP contribution >= 0.6 is 0 Å². The Morgan fingerprint density at radius 1 is 0.962 bits per heavy atom. The van der Waals surface area contributed by atoms with Gasteiger partial charge in [-0.25, -0.2) is 0 Å². The number of methoxy groups -OCH3 is 3. The van der Waals surface area contributed by atoms with Crippen LogP contribution in [-0.2, 0) is 9.59 Å². The number of ether oxygens (including phenoxy) is 3. The van der Waals surface area contributed by atoms with Gasteiger partial charge in [0.15, 0.2) is 0 Å². The highest BCUT2D eigenvalue weighted by molar-refractivity contribution is 6.02. The van der Waals surface area contributed by atoms with Crippen LogP contribution < -0.4 is 24.4 Å². The molecule has 2 amide bonds. The molecule has 0 saturated carbocycles. The van der Waals surface area contributed by atoms with Crippen LogP contribution in [0.15, 0.2) is 42.5 Å².